The SMILES string of the molecule is CCNC(CN1CCCC(C)CC1)c1ccc(C)c(C)c1. The molecule has 1 aliphatic rings. The second kappa shape index (κ2) is 7.95. The number of nitrogens with zero attached hydrogens (tertiary/aromatic N) is 1. The van der Waals surface area contributed by atoms with E-state index in [1.54, 1.807) is 0 Å². The van der Waals surface area contributed by atoms with E-state index in [1.807, 2.05) is 0 Å². The van der Waals surface area contributed by atoms with Crippen LogP contribution in [0.1, 0.15) is 55.8 Å². The molecule has 1 saturated heterocycles. The fraction of sp³-hybridized carbons (Fsp3) is 0.684. The molecule has 0 aromatic heterocycles. The summed E-state index contributed by atoms with van der Waals surface area (Å²) in [6, 6.07) is 7.39. The standard InChI is InChI=1S/C19H32N2/c1-5-20-19(18-9-8-16(3)17(4)13-18)14-21-11-6-7-15(2)10-12-21/h8-9,13,15,19-20H,5-7,10-12,14H2,1-4H3. The molecule has 1 heterocycles. The lowest BCUT2D eigenvalue weighted by Crippen LogP contribution is -2.36. The zero-order valence-corrected chi connectivity index (χ0v) is 14.3. The van der Waals surface area contributed by atoms with Gasteiger partial charge in [0.15, 0.2) is 0 Å². The number of nitrogens with one attached hydrogen (secondary N) is 1. The van der Waals surface area contributed by atoms with Gasteiger partial charge in [-0.15, -0.1) is 0 Å². The molecule has 0 radical (unpaired) electrons. The van der Waals surface area contributed by atoms with E-state index in [4.69, 9.17) is 0 Å². The van der Waals surface area contributed by atoms with Crippen LogP contribution in [0.5, 0.6) is 0 Å². The highest BCUT2D eigenvalue weighted by atomic mass is 15.1. The molecular formula is C19H32N2. The molecule has 1 aliphatic heterocycles. The topological polar surface area (TPSA) is 15.3 Å². The van der Waals surface area contributed by atoms with E-state index in [0.717, 1.165) is 19.0 Å². The highest BCUT2D eigenvalue weighted by molar-refractivity contribution is 5.32. The Bertz CT molecular complexity index is 441. The molecule has 1 fully saturated rings. The summed E-state index contributed by atoms with van der Waals surface area (Å²) in [5.74, 6) is 0.897. The van der Waals surface area contributed by atoms with Crippen LogP contribution < -0.4 is 5.32 Å². The number of aryl methyl sites for hydroxylation is 2. The molecule has 118 valence electrons. The lowest BCUT2D eigenvalue weighted by molar-refractivity contribution is 0.249. The lowest BCUT2D eigenvalue weighted by Gasteiger charge is -2.27. The molecule has 2 rings (SSSR count). The van der Waals surface area contributed by atoms with Crippen molar-refractivity contribution in [1.82, 2.24) is 10.2 Å². The first-order valence-corrected chi connectivity index (χ1v) is 8.63. The van der Waals surface area contributed by atoms with Gasteiger partial charge < -0.3 is 10.2 Å². The number of hydrogen-bond acceptors (Lipinski definition) is 2. The quantitative estimate of drug-likeness (QED) is 0.878. The summed E-state index contributed by atoms with van der Waals surface area (Å²) in [5, 5.41) is 3.68. The zero-order valence-electron chi connectivity index (χ0n) is 14.3. The summed E-state index contributed by atoms with van der Waals surface area (Å²) < 4.78 is 0. The van der Waals surface area contributed by atoms with Crippen LogP contribution >= 0.6 is 0 Å². The van der Waals surface area contributed by atoms with Gasteiger partial charge in [-0.3, -0.25) is 0 Å². The molecule has 2 heteroatoms. The number of hydrogen-bond donors (Lipinski definition) is 1. The fourth-order valence-corrected chi connectivity index (χ4v) is 3.28. The molecule has 21 heavy (non-hydrogen) atoms. The maximum atomic E-state index is 3.68. The predicted molar refractivity (Wildman–Crippen MR) is 91.8 cm³/mol. The van der Waals surface area contributed by atoms with Gasteiger partial charge in [0, 0.05) is 12.6 Å². The fourth-order valence-electron chi connectivity index (χ4n) is 3.28. The second-order valence-electron chi connectivity index (χ2n) is 6.79. The Kier molecular flexibility index (Phi) is 6.25. The minimum atomic E-state index is 0.461. The van der Waals surface area contributed by atoms with E-state index in [-0.39, 0.29) is 0 Å². The highest BCUT2D eigenvalue weighted by Crippen LogP contribution is 2.21. The number of rotatable bonds is 5. The van der Waals surface area contributed by atoms with Crippen LogP contribution in [0.15, 0.2) is 18.2 Å². The smallest absolute Gasteiger partial charge is 0.0449 e. The summed E-state index contributed by atoms with van der Waals surface area (Å²) >= 11 is 0. The largest absolute Gasteiger partial charge is 0.309 e. The summed E-state index contributed by atoms with van der Waals surface area (Å²) in [4.78, 5) is 2.66. The third-order valence-electron chi connectivity index (χ3n) is 4.93. The summed E-state index contributed by atoms with van der Waals surface area (Å²) in [6.07, 6.45) is 4.10. The minimum absolute atomic E-state index is 0.461. The van der Waals surface area contributed by atoms with E-state index < -0.39 is 0 Å². The van der Waals surface area contributed by atoms with Crippen LogP contribution in [0.4, 0.5) is 0 Å². The molecule has 2 atom stereocenters. The Morgan fingerprint density at radius 3 is 2.71 bits per heavy atom. The first-order valence-electron chi connectivity index (χ1n) is 8.63. The van der Waals surface area contributed by atoms with E-state index >= 15 is 0 Å². The molecule has 0 bridgehead atoms. The zero-order chi connectivity index (χ0) is 15.2. The van der Waals surface area contributed by atoms with Crippen LogP contribution in [-0.2, 0) is 0 Å². The van der Waals surface area contributed by atoms with Crippen molar-refractivity contribution in [3.63, 3.8) is 0 Å². The van der Waals surface area contributed by atoms with Gasteiger partial charge in [0.25, 0.3) is 0 Å². The maximum absolute atomic E-state index is 3.68. The van der Waals surface area contributed by atoms with Gasteiger partial charge in [-0.05, 0) is 75.4 Å². The van der Waals surface area contributed by atoms with E-state index in [1.165, 1.54) is 49.0 Å². The van der Waals surface area contributed by atoms with Gasteiger partial charge in [-0.25, -0.2) is 0 Å². The Labute approximate surface area is 130 Å². The molecule has 1 N–H and O–H groups in total. The first-order chi connectivity index (χ1) is 10.1. The van der Waals surface area contributed by atoms with Crippen molar-refractivity contribution in [3.8, 4) is 0 Å². The number of likely N-dealkylation sites (N-methyl/N-ethyl adjacent to an activating group) is 1. The molecule has 2 nitrogen and oxygen atoms in total. The monoisotopic (exact) mass is 288 g/mol. The number of likely N-dealkylation sites (tertiary alicyclic amines) is 1. The molecule has 0 spiro atoms. The van der Waals surface area contributed by atoms with Crippen LogP contribution in [0, 0.1) is 19.8 Å². The third-order valence-corrected chi connectivity index (χ3v) is 4.93. The Balaban J connectivity index is 2.05. The third kappa shape index (κ3) is 4.82. The highest BCUT2D eigenvalue weighted by Gasteiger charge is 2.19. The van der Waals surface area contributed by atoms with Crippen molar-refractivity contribution in [2.75, 3.05) is 26.2 Å². The van der Waals surface area contributed by atoms with Crippen molar-refractivity contribution in [3.05, 3.63) is 34.9 Å². The van der Waals surface area contributed by atoms with Gasteiger partial charge in [0.2, 0.25) is 0 Å². The van der Waals surface area contributed by atoms with Crippen LogP contribution in [-0.4, -0.2) is 31.1 Å². The average Bonchev–Trinajstić information content (AvgIpc) is 2.66. The lowest BCUT2D eigenvalue weighted by atomic mass is 10.0. The summed E-state index contributed by atoms with van der Waals surface area (Å²) in [5.41, 5.74) is 4.23. The van der Waals surface area contributed by atoms with E-state index in [9.17, 15) is 0 Å². The van der Waals surface area contributed by atoms with Gasteiger partial charge in [-0.2, -0.15) is 0 Å². The van der Waals surface area contributed by atoms with Crippen molar-refractivity contribution in [2.45, 2.75) is 53.0 Å². The summed E-state index contributed by atoms with van der Waals surface area (Å²) in [6.45, 7) is 13.7. The van der Waals surface area contributed by atoms with Crippen LogP contribution in [0.3, 0.4) is 0 Å². The molecule has 2 unspecified atom stereocenters. The second-order valence-corrected chi connectivity index (χ2v) is 6.79. The molecule has 1 aromatic carbocycles. The average molecular weight is 288 g/mol. The van der Waals surface area contributed by atoms with E-state index in [0.29, 0.717) is 6.04 Å². The Morgan fingerprint density at radius 2 is 2.00 bits per heavy atom. The maximum Gasteiger partial charge on any atom is 0.0449 e. The van der Waals surface area contributed by atoms with Gasteiger partial charge >= 0.3 is 0 Å². The molecular weight excluding hydrogens is 256 g/mol. The van der Waals surface area contributed by atoms with Crippen molar-refractivity contribution in [1.29, 1.82) is 0 Å². The first kappa shape index (κ1) is 16.5. The molecule has 1 aromatic rings. The van der Waals surface area contributed by atoms with Crippen molar-refractivity contribution >= 4 is 0 Å². The summed E-state index contributed by atoms with van der Waals surface area (Å²) in [7, 11) is 0. The van der Waals surface area contributed by atoms with Crippen LogP contribution in [0.25, 0.3) is 0 Å². The van der Waals surface area contributed by atoms with Crippen molar-refractivity contribution < 1.29 is 0 Å². The number of benzene rings is 1. The van der Waals surface area contributed by atoms with Gasteiger partial charge in [0.1, 0.15) is 0 Å². The molecule has 0 amide bonds. The minimum Gasteiger partial charge on any atom is -0.309 e. The van der Waals surface area contributed by atoms with E-state index in [2.05, 4.69) is 56.1 Å². The van der Waals surface area contributed by atoms with Crippen molar-refractivity contribution in [2.24, 2.45) is 5.92 Å². The normalized spacial score (nSPS) is 22.0. The van der Waals surface area contributed by atoms with Crippen LogP contribution in [0.2, 0.25) is 0 Å². The van der Waals surface area contributed by atoms with Gasteiger partial charge in [-0.1, -0.05) is 32.0 Å². The Hall–Kier alpha value is -0.860. The van der Waals surface area contributed by atoms with Gasteiger partial charge in [0.05, 0.1) is 0 Å². The molecule has 0 saturated carbocycles. The Morgan fingerprint density at radius 1 is 1.19 bits per heavy atom. The predicted octanol–water partition coefficient (Wildman–Crippen LogP) is 4.08. The molecule has 0 aliphatic carbocycles.